The molecule has 0 aromatic heterocycles. The average Bonchev–Trinajstić information content (AvgIpc) is 3.62. The summed E-state index contributed by atoms with van der Waals surface area (Å²) in [7, 11) is -3.66. The van der Waals surface area contributed by atoms with Gasteiger partial charge >= 0.3 is 6.03 Å². The number of amides is 4. The monoisotopic (exact) mass is 440 g/mol. The van der Waals surface area contributed by atoms with E-state index in [1.54, 1.807) is 0 Å². The molecule has 2 saturated carbocycles. The second kappa shape index (κ2) is 9.36. The first-order valence-corrected chi connectivity index (χ1v) is 12.4. The molecule has 3 rings (SSSR count). The van der Waals surface area contributed by atoms with Crippen LogP contribution in [0.25, 0.3) is 0 Å². The van der Waals surface area contributed by atoms with Crippen LogP contribution in [0.1, 0.15) is 64.2 Å². The molecule has 0 radical (unpaired) electrons. The van der Waals surface area contributed by atoms with Gasteiger partial charge in [-0.2, -0.15) is 0 Å². The standard InChI is InChI=1S/C20H32N4O5S/c1-2-3-4-5-6-13-21-19(27)24-14-7-8-16(24)17(25)22-20(11-12-20)18(26)23-30(28,29)15-9-10-15/h2,15-16H,1,3-14H2,(H,21,27)(H,22,25)(H,23,26)/t16-/m0/s1. The highest BCUT2D eigenvalue weighted by atomic mass is 32.2. The number of nitrogens with one attached hydrogen (secondary N) is 3. The van der Waals surface area contributed by atoms with Crippen LogP contribution in [0.15, 0.2) is 12.7 Å². The number of carbonyl (C=O) groups excluding carboxylic acids is 3. The van der Waals surface area contributed by atoms with Crippen molar-refractivity contribution in [2.45, 2.75) is 81.0 Å². The molecule has 0 aromatic carbocycles. The van der Waals surface area contributed by atoms with Crippen LogP contribution in [0.2, 0.25) is 0 Å². The Morgan fingerprint density at radius 3 is 2.47 bits per heavy atom. The second-order valence-electron chi connectivity index (χ2n) is 8.47. The molecule has 1 atom stereocenters. The molecule has 9 nitrogen and oxygen atoms in total. The Balaban J connectivity index is 1.48. The van der Waals surface area contributed by atoms with Crippen molar-refractivity contribution < 1.29 is 22.8 Å². The number of urea groups is 1. The molecule has 2 aliphatic carbocycles. The number of nitrogens with zero attached hydrogens (tertiary/aromatic N) is 1. The SMILES string of the molecule is C=CCCCCCNC(=O)N1CCC[C@H]1C(=O)NC1(C(=O)NS(=O)(=O)C2CC2)CC1. The second-order valence-corrected chi connectivity index (χ2v) is 10.4. The van der Waals surface area contributed by atoms with Gasteiger partial charge in [-0.25, -0.2) is 13.2 Å². The highest BCUT2D eigenvalue weighted by Gasteiger charge is 2.54. The van der Waals surface area contributed by atoms with E-state index in [4.69, 9.17) is 0 Å². The van der Waals surface area contributed by atoms with Crippen molar-refractivity contribution in [2.24, 2.45) is 0 Å². The summed E-state index contributed by atoms with van der Waals surface area (Å²) in [6.07, 6.45) is 8.87. The number of allylic oxidation sites excluding steroid dienone is 1. The molecule has 168 valence electrons. The number of likely N-dealkylation sites (tertiary alicyclic amines) is 1. The van der Waals surface area contributed by atoms with E-state index in [1.807, 2.05) is 6.08 Å². The zero-order valence-electron chi connectivity index (χ0n) is 17.3. The van der Waals surface area contributed by atoms with Gasteiger partial charge in [-0.3, -0.25) is 14.3 Å². The molecule has 30 heavy (non-hydrogen) atoms. The molecule has 3 aliphatic rings. The highest BCUT2D eigenvalue weighted by Crippen LogP contribution is 2.37. The summed E-state index contributed by atoms with van der Waals surface area (Å²) >= 11 is 0. The van der Waals surface area contributed by atoms with Gasteiger partial charge in [-0.15, -0.1) is 6.58 Å². The van der Waals surface area contributed by atoms with Crippen molar-refractivity contribution in [3.8, 4) is 0 Å². The molecule has 0 spiro atoms. The Hall–Kier alpha value is -2.10. The van der Waals surface area contributed by atoms with E-state index in [9.17, 15) is 22.8 Å². The van der Waals surface area contributed by atoms with Crippen LogP contribution in [0.4, 0.5) is 4.79 Å². The van der Waals surface area contributed by atoms with Crippen LogP contribution in [0.3, 0.4) is 0 Å². The van der Waals surface area contributed by atoms with Crippen LogP contribution < -0.4 is 15.4 Å². The van der Waals surface area contributed by atoms with Gasteiger partial charge in [0.2, 0.25) is 15.9 Å². The van der Waals surface area contributed by atoms with Crippen molar-refractivity contribution in [1.82, 2.24) is 20.3 Å². The first kappa shape index (κ1) is 22.6. The van der Waals surface area contributed by atoms with Crippen molar-refractivity contribution in [3.05, 3.63) is 12.7 Å². The minimum atomic E-state index is -3.66. The predicted molar refractivity (Wildman–Crippen MR) is 112 cm³/mol. The normalized spacial score (nSPS) is 22.3. The highest BCUT2D eigenvalue weighted by molar-refractivity contribution is 7.90. The summed E-state index contributed by atoms with van der Waals surface area (Å²) in [4.78, 5) is 39.3. The number of hydrogen-bond acceptors (Lipinski definition) is 5. The van der Waals surface area contributed by atoms with Crippen LogP contribution in [0.5, 0.6) is 0 Å². The maximum atomic E-state index is 12.8. The number of carbonyl (C=O) groups is 3. The third-order valence-electron chi connectivity index (χ3n) is 5.92. The molecule has 1 saturated heterocycles. The van der Waals surface area contributed by atoms with E-state index in [0.29, 0.717) is 51.6 Å². The fourth-order valence-corrected chi connectivity index (χ4v) is 5.09. The van der Waals surface area contributed by atoms with Gasteiger partial charge in [0.05, 0.1) is 5.25 Å². The summed E-state index contributed by atoms with van der Waals surface area (Å²) in [5, 5.41) is 5.08. The molecule has 1 heterocycles. The van der Waals surface area contributed by atoms with Gasteiger partial charge in [-0.05, 0) is 57.8 Å². The average molecular weight is 441 g/mol. The van der Waals surface area contributed by atoms with Crippen molar-refractivity contribution >= 4 is 27.9 Å². The van der Waals surface area contributed by atoms with E-state index in [-0.39, 0.29) is 6.03 Å². The summed E-state index contributed by atoms with van der Waals surface area (Å²) in [5.41, 5.74) is -1.17. The van der Waals surface area contributed by atoms with E-state index in [2.05, 4.69) is 21.9 Å². The lowest BCUT2D eigenvalue weighted by Gasteiger charge is -2.26. The fourth-order valence-electron chi connectivity index (χ4n) is 3.71. The largest absolute Gasteiger partial charge is 0.340 e. The van der Waals surface area contributed by atoms with E-state index in [0.717, 1.165) is 25.7 Å². The Morgan fingerprint density at radius 1 is 1.10 bits per heavy atom. The van der Waals surface area contributed by atoms with E-state index in [1.165, 1.54) is 4.90 Å². The summed E-state index contributed by atoms with van der Waals surface area (Å²) in [6.45, 7) is 4.71. The Bertz CT molecular complexity index is 789. The van der Waals surface area contributed by atoms with E-state index < -0.39 is 38.7 Å². The molecule has 3 N–H and O–H groups in total. The molecule has 0 unspecified atom stereocenters. The molecule has 1 aliphatic heterocycles. The topological polar surface area (TPSA) is 125 Å². The lowest BCUT2D eigenvalue weighted by molar-refractivity contribution is -0.131. The van der Waals surface area contributed by atoms with Gasteiger partial charge in [0.1, 0.15) is 11.6 Å². The maximum Gasteiger partial charge on any atom is 0.318 e. The quantitative estimate of drug-likeness (QED) is 0.328. The number of hydrogen-bond donors (Lipinski definition) is 3. The smallest absolute Gasteiger partial charge is 0.318 e. The van der Waals surface area contributed by atoms with Gasteiger partial charge in [0.25, 0.3) is 5.91 Å². The number of unbranched alkanes of at least 4 members (excludes halogenated alkanes) is 3. The summed E-state index contributed by atoms with van der Waals surface area (Å²) in [6, 6.07) is -0.918. The van der Waals surface area contributed by atoms with Crippen molar-refractivity contribution in [2.75, 3.05) is 13.1 Å². The first-order valence-electron chi connectivity index (χ1n) is 10.8. The Labute approximate surface area is 178 Å². The molecule has 4 amide bonds. The Kier molecular flexibility index (Phi) is 7.05. The van der Waals surface area contributed by atoms with E-state index >= 15 is 0 Å². The van der Waals surface area contributed by atoms with Gasteiger partial charge < -0.3 is 15.5 Å². The molecule has 0 aromatic rings. The number of rotatable bonds is 11. The van der Waals surface area contributed by atoms with Crippen molar-refractivity contribution in [3.63, 3.8) is 0 Å². The van der Waals surface area contributed by atoms with Crippen LogP contribution in [0, 0.1) is 0 Å². The lowest BCUT2D eigenvalue weighted by atomic mass is 10.1. The van der Waals surface area contributed by atoms with Gasteiger partial charge in [0, 0.05) is 13.1 Å². The molecule has 10 heteroatoms. The van der Waals surface area contributed by atoms with Crippen LogP contribution in [-0.4, -0.2) is 61.1 Å². The summed E-state index contributed by atoms with van der Waals surface area (Å²) < 4.78 is 26.2. The lowest BCUT2D eigenvalue weighted by Crippen LogP contribution is -2.56. The maximum absolute atomic E-state index is 12.8. The number of sulfonamides is 1. The predicted octanol–water partition coefficient (Wildman–Crippen LogP) is 1.16. The van der Waals surface area contributed by atoms with Crippen molar-refractivity contribution in [1.29, 1.82) is 0 Å². The van der Waals surface area contributed by atoms with Gasteiger partial charge in [-0.1, -0.05) is 12.5 Å². The van der Waals surface area contributed by atoms with Crippen LogP contribution in [-0.2, 0) is 19.6 Å². The van der Waals surface area contributed by atoms with Gasteiger partial charge in [0.15, 0.2) is 0 Å². The zero-order valence-corrected chi connectivity index (χ0v) is 18.1. The molecular weight excluding hydrogens is 408 g/mol. The van der Waals surface area contributed by atoms with Crippen LogP contribution >= 0.6 is 0 Å². The zero-order chi connectivity index (χ0) is 21.8. The minimum absolute atomic E-state index is 0.276. The minimum Gasteiger partial charge on any atom is -0.340 e. The first-order chi connectivity index (χ1) is 14.3. The Morgan fingerprint density at radius 2 is 1.83 bits per heavy atom. The molecular formula is C20H32N4O5S. The third-order valence-corrected chi connectivity index (χ3v) is 7.74. The summed E-state index contributed by atoms with van der Waals surface area (Å²) in [5.74, 6) is -1.07. The molecule has 3 fully saturated rings. The third kappa shape index (κ3) is 5.53. The molecule has 0 bridgehead atoms. The fraction of sp³-hybridized carbons (Fsp3) is 0.750.